The molecule has 1 aliphatic rings. The molecule has 0 radical (unpaired) electrons. The average molecular weight is 347 g/mol. The predicted octanol–water partition coefficient (Wildman–Crippen LogP) is 5.11. The zero-order chi connectivity index (χ0) is 17.9. The van der Waals surface area contributed by atoms with Crippen LogP contribution in [0.3, 0.4) is 0 Å². The van der Waals surface area contributed by atoms with Gasteiger partial charge in [0.05, 0.1) is 17.1 Å². The fourth-order valence-electron chi connectivity index (χ4n) is 2.68. The third kappa shape index (κ3) is 4.38. The number of hydrogen-bond acceptors (Lipinski definition) is 4. The molecule has 0 bridgehead atoms. The summed E-state index contributed by atoms with van der Waals surface area (Å²) in [5.41, 5.74) is 16.7. The maximum absolute atomic E-state index is 6.06. The van der Waals surface area contributed by atoms with Gasteiger partial charge in [0.2, 0.25) is 0 Å². The molecule has 2 aromatic heterocycles. The number of halogens is 1. The summed E-state index contributed by atoms with van der Waals surface area (Å²) in [7, 11) is 0. The summed E-state index contributed by atoms with van der Waals surface area (Å²) in [5.74, 6) is 1.55. The normalized spacial score (nSPS) is 13.8. The third-order valence-corrected chi connectivity index (χ3v) is 4.52. The first-order valence-electron chi connectivity index (χ1n) is 8.47. The summed E-state index contributed by atoms with van der Waals surface area (Å²) in [4.78, 5) is 8.19. The first kappa shape index (κ1) is 18.5. The summed E-state index contributed by atoms with van der Waals surface area (Å²) in [6.45, 7) is 8.41. The highest BCUT2D eigenvalue weighted by Gasteiger charge is 2.26. The Kier molecular flexibility index (Phi) is 6.05. The van der Waals surface area contributed by atoms with E-state index in [9.17, 15) is 0 Å². The zero-order valence-corrected chi connectivity index (χ0v) is 15.6. The lowest BCUT2D eigenvalue weighted by molar-refractivity contribution is 0.822. The lowest BCUT2D eigenvalue weighted by Crippen LogP contribution is -2.03. The Hall–Kier alpha value is -1.81. The summed E-state index contributed by atoms with van der Waals surface area (Å²) < 4.78 is 0. The van der Waals surface area contributed by atoms with Crippen molar-refractivity contribution in [3.8, 4) is 0 Å². The van der Waals surface area contributed by atoms with Crippen molar-refractivity contribution in [3.63, 3.8) is 0 Å². The van der Waals surface area contributed by atoms with Crippen LogP contribution in [0.25, 0.3) is 0 Å². The van der Waals surface area contributed by atoms with E-state index in [1.54, 1.807) is 6.20 Å². The van der Waals surface area contributed by atoms with Gasteiger partial charge in [0, 0.05) is 12.4 Å². The number of nitrogens with zero attached hydrogens (tertiary/aromatic N) is 2. The number of anilines is 2. The van der Waals surface area contributed by atoms with E-state index in [2.05, 4.69) is 43.7 Å². The minimum atomic E-state index is 0.399. The molecular weight excluding hydrogens is 320 g/mol. The summed E-state index contributed by atoms with van der Waals surface area (Å²) >= 11 is 5.72. The van der Waals surface area contributed by atoms with Crippen LogP contribution in [0.15, 0.2) is 24.5 Å². The van der Waals surface area contributed by atoms with Gasteiger partial charge in [-0.3, -0.25) is 4.98 Å². The molecule has 1 fully saturated rings. The van der Waals surface area contributed by atoms with Crippen molar-refractivity contribution >= 4 is 23.0 Å². The van der Waals surface area contributed by atoms with Gasteiger partial charge in [0.25, 0.3) is 0 Å². The van der Waals surface area contributed by atoms with Gasteiger partial charge in [-0.1, -0.05) is 39.3 Å². The van der Waals surface area contributed by atoms with Crippen molar-refractivity contribution in [1.82, 2.24) is 9.97 Å². The van der Waals surface area contributed by atoms with Crippen LogP contribution >= 0.6 is 11.6 Å². The van der Waals surface area contributed by atoms with Crippen LogP contribution in [0.2, 0.25) is 5.15 Å². The van der Waals surface area contributed by atoms with E-state index in [-0.39, 0.29) is 0 Å². The molecule has 1 aliphatic carbocycles. The molecule has 5 heteroatoms. The molecular formula is C19H27ClN4. The maximum atomic E-state index is 6.06. The summed E-state index contributed by atoms with van der Waals surface area (Å²) in [6, 6.07) is 3.96. The third-order valence-electron chi connectivity index (χ3n) is 4.22. The van der Waals surface area contributed by atoms with Gasteiger partial charge < -0.3 is 11.5 Å². The SMILES string of the molecule is CC(C)c1ccnc(Cl)c1N.CC(C)c1nccc(C2CC2)c1N. The van der Waals surface area contributed by atoms with E-state index < -0.39 is 0 Å². The van der Waals surface area contributed by atoms with Gasteiger partial charge in [-0.15, -0.1) is 0 Å². The topological polar surface area (TPSA) is 77.8 Å². The highest BCUT2D eigenvalue weighted by molar-refractivity contribution is 6.31. The predicted molar refractivity (Wildman–Crippen MR) is 102 cm³/mol. The molecule has 0 amide bonds. The molecule has 0 aromatic carbocycles. The molecule has 3 rings (SSSR count). The first-order valence-corrected chi connectivity index (χ1v) is 8.84. The van der Waals surface area contributed by atoms with E-state index in [0.29, 0.717) is 22.7 Å². The van der Waals surface area contributed by atoms with Gasteiger partial charge in [-0.05, 0) is 53.9 Å². The molecule has 2 aromatic rings. The average Bonchev–Trinajstić information content (AvgIpc) is 3.35. The molecule has 1 saturated carbocycles. The zero-order valence-electron chi connectivity index (χ0n) is 14.9. The van der Waals surface area contributed by atoms with Gasteiger partial charge in [-0.2, -0.15) is 0 Å². The number of nitrogen functional groups attached to an aromatic ring is 2. The monoisotopic (exact) mass is 346 g/mol. The Balaban J connectivity index is 0.000000177. The minimum absolute atomic E-state index is 0.399. The van der Waals surface area contributed by atoms with Crippen molar-refractivity contribution in [2.24, 2.45) is 0 Å². The maximum Gasteiger partial charge on any atom is 0.152 e. The first-order chi connectivity index (χ1) is 11.3. The summed E-state index contributed by atoms with van der Waals surface area (Å²) in [6.07, 6.45) is 6.16. The Labute approximate surface area is 149 Å². The summed E-state index contributed by atoms with van der Waals surface area (Å²) in [5, 5.41) is 0.399. The fourth-order valence-corrected chi connectivity index (χ4v) is 2.85. The second kappa shape index (κ2) is 7.84. The van der Waals surface area contributed by atoms with Crippen LogP contribution in [0, 0.1) is 0 Å². The fraction of sp³-hybridized carbons (Fsp3) is 0.474. The number of hydrogen-bond donors (Lipinski definition) is 2. The van der Waals surface area contributed by atoms with E-state index in [1.807, 2.05) is 12.3 Å². The van der Waals surface area contributed by atoms with Gasteiger partial charge in [-0.25, -0.2) is 4.98 Å². The van der Waals surface area contributed by atoms with Crippen LogP contribution in [0.1, 0.15) is 75.1 Å². The molecule has 130 valence electrons. The van der Waals surface area contributed by atoms with Crippen molar-refractivity contribution in [1.29, 1.82) is 0 Å². The second-order valence-electron chi connectivity index (χ2n) is 6.89. The van der Waals surface area contributed by atoms with Crippen molar-refractivity contribution in [3.05, 3.63) is 46.5 Å². The highest BCUT2D eigenvalue weighted by Crippen LogP contribution is 2.43. The molecule has 0 unspecified atom stereocenters. The van der Waals surface area contributed by atoms with Gasteiger partial charge >= 0.3 is 0 Å². The molecule has 4 N–H and O–H groups in total. The van der Waals surface area contributed by atoms with Crippen molar-refractivity contribution in [2.75, 3.05) is 11.5 Å². The standard InChI is InChI=1S/C11H16N2.C8H11ClN2/c1-7(2)11-10(12)9(5-6-13-11)8-3-4-8;1-5(2)6-3-4-11-8(9)7(6)10/h5-8H,3-4,12H2,1-2H3;3-5H,10H2,1-2H3. The largest absolute Gasteiger partial charge is 0.397 e. The molecule has 0 aliphatic heterocycles. The van der Waals surface area contributed by atoms with Crippen LogP contribution < -0.4 is 11.5 Å². The van der Waals surface area contributed by atoms with Gasteiger partial charge in [0.1, 0.15) is 0 Å². The molecule has 0 atom stereocenters. The smallest absolute Gasteiger partial charge is 0.152 e. The number of aromatic nitrogens is 2. The van der Waals surface area contributed by atoms with Crippen LogP contribution in [-0.2, 0) is 0 Å². The van der Waals surface area contributed by atoms with Crippen LogP contribution in [-0.4, -0.2) is 9.97 Å². The number of nitrogens with two attached hydrogens (primary N) is 2. The highest BCUT2D eigenvalue weighted by atomic mass is 35.5. The lowest BCUT2D eigenvalue weighted by atomic mass is 10.0. The molecule has 4 nitrogen and oxygen atoms in total. The Morgan fingerprint density at radius 3 is 2.08 bits per heavy atom. The van der Waals surface area contributed by atoms with Crippen molar-refractivity contribution < 1.29 is 0 Å². The van der Waals surface area contributed by atoms with Gasteiger partial charge in [0.15, 0.2) is 5.15 Å². The molecule has 2 heterocycles. The Morgan fingerprint density at radius 1 is 0.958 bits per heavy atom. The van der Waals surface area contributed by atoms with E-state index >= 15 is 0 Å². The molecule has 0 spiro atoms. The lowest BCUT2D eigenvalue weighted by Gasteiger charge is -2.11. The van der Waals surface area contributed by atoms with Crippen LogP contribution in [0.4, 0.5) is 11.4 Å². The Bertz CT molecular complexity index is 674. The molecule has 0 saturated heterocycles. The second-order valence-corrected chi connectivity index (χ2v) is 7.25. The molecule has 24 heavy (non-hydrogen) atoms. The minimum Gasteiger partial charge on any atom is -0.397 e. The Morgan fingerprint density at radius 2 is 1.58 bits per heavy atom. The van der Waals surface area contributed by atoms with E-state index in [4.69, 9.17) is 23.1 Å². The number of pyridine rings is 2. The number of rotatable bonds is 3. The quantitative estimate of drug-likeness (QED) is 0.757. The van der Waals surface area contributed by atoms with Crippen LogP contribution in [0.5, 0.6) is 0 Å². The van der Waals surface area contributed by atoms with E-state index in [0.717, 1.165) is 22.9 Å². The van der Waals surface area contributed by atoms with Crippen molar-refractivity contribution in [2.45, 2.75) is 58.3 Å². The van der Waals surface area contributed by atoms with E-state index in [1.165, 1.54) is 18.4 Å².